The highest BCUT2D eigenvalue weighted by Gasteiger charge is 2.09. The minimum atomic E-state index is -0.277. The molecule has 1 amide bonds. The van der Waals surface area contributed by atoms with Gasteiger partial charge in [-0.15, -0.1) is 0 Å². The van der Waals surface area contributed by atoms with Crippen molar-refractivity contribution in [3.8, 4) is 0 Å². The molecule has 1 aromatic heterocycles. The third-order valence-corrected chi connectivity index (χ3v) is 3.28. The van der Waals surface area contributed by atoms with Gasteiger partial charge in [0.2, 0.25) is 0 Å². The lowest BCUT2D eigenvalue weighted by atomic mass is 10.1. The first-order valence-corrected chi connectivity index (χ1v) is 6.73. The van der Waals surface area contributed by atoms with Crippen LogP contribution in [-0.4, -0.2) is 10.9 Å². The van der Waals surface area contributed by atoms with E-state index in [4.69, 9.17) is 17.3 Å². The molecule has 0 saturated heterocycles. The van der Waals surface area contributed by atoms with Gasteiger partial charge in [0.1, 0.15) is 11.0 Å². The molecular formula is C16H12ClN3O. The number of amides is 1. The fourth-order valence-electron chi connectivity index (χ4n) is 2.12. The summed E-state index contributed by atoms with van der Waals surface area (Å²) in [6, 6.07) is 16.6. The molecule has 3 rings (SSSR count). The van der Waals surface area contributed by atoms with Crippen molar-refractivity contribution in [3.05, 3.63) is 65.3 Å². The summed E-state index contributed by atoms with van der Waals surface area (Å²) in [4.78, 5) is 16.0. The van der Waals surface area contributed by atoms with Crippen LogP contribution in [0.2, 0.25) is 5.15 Å². The minimum Gasteiger partial charge on any atom is -0.384 e. The van der Waals surface area contributed by atoms with Gasteiger partial charge < -0.3 is 11.1 Å². The maximum atomic E-state index is 12.2. The summed E-state index contributed by atoms with van der Waals surface area (Å²) in [7, 11) is 0. The van der Waals surface area contributed by atoms with E-state index < -0.39 is 0 Å². The van der Waals surface area contributed by atoms with Crippen molar-refractivity contribution >= 4 is 39.8 Å². The van der Waals surface area contributed by atoms with Crippen LogP contribution < -0.4 is 11.1 Å². The quantitative estimate of drug-likeness (QED) is 0.708. The number of nitrogen functional groups attached to an aromatic ring is 1. The van der Waals surface area contributed by atoms with E-state index in [0.717, 1.165) is 10.8 Å². The maximum Gasteiger partial charge on any atom is 0.255 e. The van der Waals surface area contributed by atoms with Crippen molar-refractivity contribution in [2.75, 3.05) is 11.1 Å². The lowest BCUT2D eigenvalue weighted by Gasteiger charge is -2.07. The van der Waals surface area contributed by atoms with Crippen LogP contribution in [0.1, 0.15) is 10.4 Å². The summed E-state index contributed by atoms with van der Waals surface area (Å²) in [6.07, 6.45) is 0. The van der Waals surface area contributed by atoms with Gasteiger partial charge in [-0.3, -0.25) is 4.79 Å². The Morgan fingerprint density at radius 3 is 2.57 bits per heavy atom. The van der Waals surface area contributed by atoms with E-state index in [1.165, 1.54) is 12.1 Å². The summed E-state index contributed by atoms with van der Waals surface area (Å²) in [5.74, 6) is -0.0626. The topological polar surface area (TPSA) is 68.0 Å². The first-order chi connectivity index (χ1) is 10.1. The molecule has 104 valence electrons. The summed E-state index contributed by atoms with van der Waals surface area (Å²) in [5.41, 5.74) is 6.68. The highest BCUT2D eigenvalue weighted by Crippen LogP contribution is 2.20. The third-order valence-electron chi connectivity index (χ3n) is 3.08. The van der Waals surface area contributed by atoms with Gasteiger partial charge in [0, 0.05) is 11.3 Å². The van der Waals surface area contributed by atoms with Crippen LogP contribution in [0.25, 0.3) is 10.8 Å². The molecule has 0 fully saturated rings. The first-order valence-electron chi connectivity index (χ1n) is 6.35. The van der Waals surface area contributed by atoms with Gasteiger partial charge in [-0.2, -0.15) is 0 Å². The second kappa shape index (κ2) is 5.42. The molecule has 0 aliphatic carbocycles. The highest BCUT2D eigenvalue weighted by atomic mass is 35.5. The number of nitrogens with one attached hydrogen (secondary N) is 1. The Hall–Kier alpha value is -2.59. The molecule has 0 spiro atoms. The number of fused-ring (bicyclic) bond motifs is 1. The molecule has 0 atom stereocenters. The summed E-state index contributed by atoms with van der Waals surface area (Å²) < 4.78 is 0. The molecule has 0 aliphatic rings. The SMILES string of the molecule is Nc1cc(C(=O)Nc2ccc3ccccc3c2)cc(Cl)n1. The Balaban J connectivity index is 1.88. The molecule has 1 heterocycles. The van der Waals surface area contributed by atoms with Crippen LogP contribution in [0.3, 0.4) is 0 Å². The van der Waals surface area contributed by atoms with Gasteiger partial charge in [0.25, 0.3) is 5.91 Å². The number of rotatable bonds is 2. The van der Waals surface area contributed by atoms with E-state index in [-0.39, 0.29) is 16.9 Å². The number of nitrogens with two attached hydrogens (primary N) is 1. The lowest BCUT2D eigenvalue weighted by Crippen LogP contribution is -2.12. The predicted octanol–water partition coefficient (Wildman–Crippen LogP) is 3.72. The Labute approximate surface area is 126 Å². The molecule has 0 radical (unpaired) electrons. The van der Waals surface area contributed by atoms with E-state index >= 15 is 0 Å². The number of nitrogens with zero attached hydrogens (tertiary/aromatic N) is 1. The van der Waals surface area contributed by atoms with E-state index in [1.807, 2.05) is 42.5 Å². The van der Waals surface area contributed by atoms with Crippen molar-refractivity contribution in [2.45, 2.75) is 0 Å². The molecule has 0 aliphatic heterocycles. The van der Waals surface area contributed by atoms with E-state index in [9.17, 15) is 4.79 Å². The number of hydrogen-bond donors (Lipinski definition) is 2. The zero-order valence-electron chi connectivity index (χ0n) is 11.0. The fraction of sp³-hybridized carbons (Fsp3) is 0. The molecule has 3 N–H and O–H groups in total. The Morgan fingerprint density at radius 2 is 1.81 bits per heavy atom. The minimum absolute atomic E-state index is 0.193. The van der Waals surface area contributed by atoms with Crippen LogP contribution in [0.5, 0.6) is 0 Å². The summed E-state index contributed by atoms with van der Waals surface area (Å²) in [5, 5.41) is 5.19. The summed E-state index contributed by atoms with van der Waals surface area (Å²) >= 11 is 5.80. The number of pyridine rings is 1. The van der Waals surface area contributed by atoms with Crippen molar-refractivity contribution in [1.29, 1.82) is 0 Å². The number of carbonyl (C=O) groups is 1. The third kappa shape index (κ3) is 2.95. The summed E-state index contributed by atoms with van der Waals surface area (Å²) in [6.45, 7) is 0. The van der Waals surface area contributed by atoms with Crippen molar-refractivity contribution in [1.82, 2.24) is 4.98 Å². The van der Waals surface area contributed by atoms with E-state index in [2.05, 4.69) is 10.3 Å². The van der Waals surface area contributed by atoms with Gasteiger partial charge in [0.15, 0.2) is 0 Å². The van der Waals surface area contributed by atoms with Crippen LogP contribution in [0, 0.1) is 0 Å². The van der Waals surface area contributed by atoms with Gasteiger partial charge in [-0.25, -0.2) is 4.98 Å². The number of carbonyl (C=O) groups excluding carboxylic acids is 1. The molecule has 0 unspecified atom stereocenters. The fourth-order valence-corrected chi connectivity index (χ4v) is 2.33. The average molecular weight is 298 g/mol. The molecular weight excluding hydrogens is 286 g/mol. The van der Waals surface area contributed by atoms with Gasteiger partial charge in [-0.1, -0.05) is 41.9 Å². The number of aromatic nitrogens is 1. The van der Waals surface area contributed by atoms with E-state index in [1.54, 1.807) is 0 Å². The molecule has 4 nitrogen and oxygen atoms in total. The Morgan fingerprint density at radius 1 is 1.05 bits per heavy atom. The number of halogens is 1. The smallest absolute Gasteiger partial charge is 0.255 e. The van der Waals surface area contributed by atoms with Crippen LogP contribution in [0.4, 0.5) is 11.5 Å². The molecule has 0 saturated carbocycles. The van der Waals surface area contributed by atoms with Crippen LogP contribution >= 0.6 is 11.6 Å². The van der Waals surface area contributed by atoms with Gasteiger partial charge in [0.05, 0.1) is 0 Å². The molecule has 2 aromatic carbocycles. The Kier molecular flexibility index (Phi) is 3.46. The van der Waals surface area contributed by atoms with Crippen molar-refractivity contribution in [3.63, 3.8) is 0 Å². The van der Waals surface area contributed by atoms with Crippen LogP contribution in [-0.2, 0) is 0 Å². The Bertz CT molecular complexity index is 812. The molecule has 3 aromatic rings. The predicted molar refractivity (Wildman–Crippen MR) is 85.6 cm³/mol. The van der Waals surface area contributed by atoms with Crippen molar-refractivity contribution in [2.24, 2.45) is 0 Å². The number of benzene rings is 2. The lowest BCUT2D eigenvalue weighted by molar-refractivity contribution is 0.102. The molecule has 0 bridgehead atoms. The maximum absolute atomic E-state index is 12.2. The normalized spacial score (nSPS) is 10.5. The monoisotopic (exact) mass is 297 g/mol. The van der Waals surface area contributed by atoms with Gasteiger partial charge in [-0.05, 0) is 35.0 Å². The zero-order chi connectivity index (χ0) is 14.8. The molecule has 21 heavy (non-hydrogen) atoms. The molecule has 5 heteroatoms. The zero-order valence-corrected chi connectivity index (χ0v) is 11.8. The van der Waals surface area contributed by atoms with Crippen molar-refractivity contribution < 1.29 is 4.79 Å². The second-order valence-corrected chi connectivity index (χ2v) is 5.01. The largest absolute Gasteiger partial charge is 0.384 e. The van der Waals surface area contributed by atoms with E-state index in [0.29, 0.717) is 11.3 Å². The second-order valence-electron chi connectivity index (χ2n) is 4.62. The average Bonchev–Trinajstić information content (AvgIpc) is 2.46. The first kappa shape index (κ1) is 13.4. The standard InChI is InChI=1S/C16H12ClN3O/c17-14-8-12(9-15(18)20-14)16(21)19-13-6-5-10-3-1-2-4-11(10)7-13/h1-9H,(H2,18,20)(H,19,21). The van der Waals surface area contributed by atoms with Gasteiger partial charge >= 0.3 is 0 Å². The number of hydrogen-bond acceptors (Lipinski definition) is 3. The van der Waals surface area contributed by atoms with Crippen LogP contribution in [0.15, 0.2) is 54.6 Å². The highest BCUT2D eigenvalue weighted by molar-refractivity contribution is 6.30. The number of anilines is 2.